The van der Waals surface area contributed by atoms with Crippen molar-refractivity contribution in [1.82, 2.24) is 10.6 Å². The van der Waals surface area contributed by atoms with Gasteiger partial charge in [-0.1, -0.05) is 103 Å². The molecule has 3 aliphatic carbocycles. The summed E-state index contributed by atoms with van der Waals surface area (Å²) in [6, 6.07) is 9.45. The van der Waals surface area contributed by atoms with Crippen molar-refractivity contribution in [3.05, 3.63) is 35.9 Å². The lowest BCUT2D eigenvalue weighted by Crippen LogP contribution is -2.65. The zero-order valence-corrected chi connectivity index (χ0v) is 29.3. The number of Topliss-reactive ketones (excluding diaryl/α,β-unsaturated/α-hetero) is 1. The van der Waals surface area contributed by atoms with Gasteiger partial charge in [-0.3, -0.25) is 9.59 Å². The van der Waals surface area contributed by atoms with Gasteiger partial charge in [0.1, 0.15) is 12.4 Å². The van der Waals surface area contributed by atoms with Crippen LogP contribution in [0.5, 0.6) is 0 Å². The Hall–Kier alpha value is -2.39. The van der Waals surface area contributed by atoms with Gasteiger partial charge in [-0.15, -0.1) is 0 Å². The Bertz CT molecular complexity index is 1150. The van der Waals surface area contributed by atoms with Crippen molar-refractivity contribution in [1.29, 1.82) is 0 Å². The molecular weight excluding hydrogens is 579 g/mol. The molecule has 256 valence electrons. The molecule has 0 radical (unpaired) electrons. The van der Waals surface area contributed by atoms with Gasteiger partial charge in [-0.2, -0.15) is 0 Å². The van der Waals surface area contributed by atoms with Gasteiger partial charge in [0.15, 0.2) is 0 Å². The van der Waals surface area contributed by atoms with Crippen molar-refractivity contribution < 1.29 is 28.4 Å². The van der Waals surface area contributed by atoms with Crippen molar-refractivity contribution >= 4 is 24.9 Å². The number of unbranched alkanes of at least 4 members (excludes halogenated alkanes) is 6. The number of hydrogen-bond acceptors (Lipinski definition) is 6. The van der Waals surface area contributed by atoms with Crippen molar-refractivity contribution in [2.45, 2.75) is 143 Å². The predicted octanol–water partition coefficient (Wildman–Crippen LogP) is 7.43. The van der Waals surface area contributed by atoms with Gasteiger partial charge in [0.05, 0.1) is 23.6 Å². The quantitative estimate of drug-likeness (QED) is 0.121. The van der Waals surface area contributed by atoms with Crippen molar-refractivity contribution in [2.75, 3.05) is 6.54 Å². The van der Waals surface area contributed by atoms with E-state index >= 15 is 0 Å². The summed E-state index contributed by atoms with van der Waals surface area (Å²) in [5.74, 6) is 0.0496. The molecule has 1 heterocycles. The lowest BCUT2D eigenvalue weighted by Gasteiger charge is -2.64. The molecule has 1 saturated heterocycles. The third-order valence-electron chi connectivity index (χ3n) is 11.0. The van der Waals surface area contributed by atoms with E-state index in [4.69, 9.17) is 14.0 Å². The van der Waals surface area contributed by atoms with Crippen LogP contribution in [0.1, 0.15) is 124 Å². The van der Waals surface area contributed by atoms with Crippen LogP contribution in [0.15, 0.2) is 30.3 Å². The fourth-order valence-electron chi connectivity index (χ4n) is 8.01. The Morgan fingerprint density at radius 1 is 1.00 bits per heavy atom. The van der Waals surface area contributed by atoms with E-state index in [1.165, 1.54) is 25.7 Å². The summed E-state index contributed by atoms with van der Waals surface area (Å²) >= 11 is 0. The first-order valence-electron chi connectivity index (χ1n) is 18.0. The molecule has 6 atom stereocenters. The molecule has 2 N–H and O–H groups in total. The minimum atomic E-state index is -0.720. The fourth-order valence-corrected chi connectivity index (χ4v) is 8.01. The summed E-state index contributed by atoms with van der Waals surface area (Å²) in [5.41, 5.74) is 0.723. The van der Waals surface area contributed by atoms with Crippen molar-refractivity contribution in [3.63, 3.8) is 0 Å². The Labute approximate surface area is 278 Å². The van der Waals surface area contributed by atoms with Crippen LogP contribution in [-0.4, -0.2) is 49.1 Å². The minimum Gasteiger partial charge on any atom is -0.445 e. The van der Waals surface area contributed by atoms with Crippen LogP contribution in [0.3, 0.4) is 0 Å². The third-order valence-corrected chi connectivity index (χ3v) is 11.0. The normalized spacial score (nSPS) is 25.7. The average Bonchev–Trinajstić information content (AvgIpc) is 3.38. The molecule has 2 bridgehead atoms. The standard InChI is InChI=1S/C37H59BN2O6/c1-7-8-9-10-11-12-16-19-30(41)21-28(24-39-35(43)44-25-27-17-14-13-15-18-27)34(42)40-33(20-26(2)3)38-45-32-23-29-22-31(36(29,4)5)37(32,6)46-38/h13-15,17-18,26,28-29,31-33H,7-12,16,19-25H2,1-6H3,(H,39,43)(H,40,42)/t28-,29+,31+,32+,33-,37-/m0/s1. The number of carbonyl (C=O) groups excluding carboxylic acids is 3. The summed E-state index contributed by atoms with van der Waals surface area (Å²) in [4.78, 5) is 39.6. The van der Waals surface area contributed by atoms with E-state index in [9.17, 15) is 14.4 Å². The lowest BCUT2D eigenvalue weighted by molar-refractivity contribution is -0.199. The summed E-state index contributed by atoms with van der Waals surface area (Å²) in [6.45, 7) is 13.5. The first kappa shape index (κ1) is 36.5. The van der Waals surface area contributed by atoms with Crippen LogP contribution in [0, 0.1) is 29.1 Å². The Kier molecular flexibility index (Phi) is 13.2. The van der Waals surface area contributed by atoms with Crippen LogP contribution in [-0.2, 0) is 30.2 Å². The number of ether oxygens (including phenoxy) is 1. The van der Waals surface area contributed by atoms with E-state index < -0.39 is 19.1 Å². The summed E-state index contributed by atoms with van der Waals surface area (Å²) in [5, 5.41) is 5.97. The van der Waals surface area contributed by atoms with Gasteiger partial charge in [-0.25, -0.2) is 4.79 Å². The number of benzene rings is 1. The summed E-state index contributed by atoms with van der Waals surface area (Å²) in [6.07, 6.45) is 10.6. The van der Waals surface area contributed by atoms with E-state index in [1.54, 1.807) is 0 Å². The molecular formula is C37H59BN2O6. The van der Waals surface area contributed by atoms with Crippen LogP contribution < -0.4 is 10.6 Å². The maximum absolute atomic E-state index is 13.9. The zero-order chi connectivity index (χ0) is 33.3. The van der Waals surface area contributed by atoms with E-state index in [0.717, 1.165) is 37.7 Å². The molecule has 1 aromatic rings. The van der Waals surface area contributed by atoms with Gasteiger partial charge in [0.25, 0.3) is 0 Å². The van der Waals surface area contributed by atoms with E-state index in [-0.39, 0.29) is 54.3 Å². The molecule has 0 spiro atoms. The topological polar surface area (TPSA) is 103 Å². The Morgan fingerprint density at radius 2 is 1.70 bits per heavy atom. The van der Waals surface area contributed by atoms with Crippen LogP contribution in [0.4, 0.5) is 4.79 Å². The highest BCUT2D eigenvalue weighted by Gasteiger charge is 2.68. The monoisotopic (exact) mass is 638 g/mol. The summed E-state index contributed by atoms with van der Waals surface area (Å²) < 4.78 is 18.7. The van der Waals surface area contributed by atoms with Gasteiger partial charge < -0.3 is 24.7 Å². The maximum atomic E-state index is 13.9. The molecule has 8 nitrogen and oxygen atoms in total. The first-order chi connectivity index (χ1) is 21.9. The second-order valence-electron chi connectivity index (χ2n) is 15.3. The molecule has 9 heteroatoms. The number of ketones is 1. The Balaban J connectivity index is 1.37. The summed E-state index contributed by atoms with van der Waals surface area (Å²) in [7, 11) is -0.552. The van der Waals surface area contributed by atoms with Crippen LogP contribution in [0.25, 0.3) is 0 Å². The van der Waals surface area contributed by atoms with Crippen molar-refractivity contribution in [2.24, 2.45) is 29.1 Å². The number of rotatable bonds is 19. The lowest BCUT2D eigenvalue weighted by atomic mass is 9.43. The second-order valence-corrected chi connectivity index (χ2v) is 15.3. The zero-order valence-electron chi connectivity index (χ0n) is 29.3. The molecule has 1 aliphatic heterocycles. The molecule has 0 aromatic heterocycles. The molecule has 5 rings (SSSR count). The Morgan fingerprint density at radius 3 is 2.37 bits per heavy atom. The number of amides is 2. The molecule has 2 amide bonds. The molecule has 3 saturated carbocycles. The largest absolute Gasteiger partial charge is 0.481 e. The second kappa shape index (κ2) is 16.6. The smallest absolute Gasteiger partial charge is 0.445 e. The van der Waals surface area contributed by atoms with Crippen LogP contribution in [0.2, 0.25) is 0 Å². The molecule has 46 heavy (non-hydrogen) atoms. The molecule has 1 aromatic carbocycles. The fraction of sp³-hybridized carbons (Fsp3) is 0.757. The van der Waals surface area contributed by atoms with E-state index in [1.807, 2.05) is 30.3 Å². The maximum Gasteiger partial charge on any atom is 0.481 e. The van der Waals surface area contributed by atoms with Crippen LogP contribution >= 0.6 is 0 Å². The van der Waals surface area contributed by atoms with Crippen molar-refractivity contribution in [3.8, 4) is 0 Å². The molecule has 4 fully saturated rings. The highest BCUT2D eigenvalue weighted by Crippen LogP contribution is 2.65. The minimum absolute atomic E-state index is 0.0150. The van der Waals surface area contributed by atoms with E-state index in [2.05, 4.69) is 52.2 Å². The van der Waals surface area contributed by atoms with Gasteiger partial charge in [0, 0.05) is 19.4 Å². The SMILES string of the molecule is CCCCCCCCCC(=O)C[C@@H](CNC(=O)OCc1ccccc1)C(=O)N[C@@H](CC(C)C)B1O[C@@H]2C[C@H]3C[C@H](C3(C)C)[C@]2(C)O1. The van der Waals surface area contributed by atoms with E-state index in [0.29, 0.717) is 30.6 Å². The highest BCUT2D eigenvalue weighted by molar-refractivity contribution is 6.47. The molecule has 0 unspecified atom stereocenters. The number of hydrogen-bond donors (Lipinski definition) is 2. The predicted molar refractivity (Wildman–Crippen MR) is 182 cm³/mol. The number of alkyl carbamates (subject to hydrolysis) is 1. The first-order valence-corrected chi connectivity index (χ1v) is 18.0. The third kappa shape index (κ3) is 9.37. The van der Waals surface area contributed by atoms with Gasteiger partial charge >= 0.3 is 13.2 Å². The number of nitrogens with one attached hydrogen (secondary N) is 2. The van der Waals surface area contributed by atoms with Gasteiger partial charge in [0.2, 0.25) is 5.91 Å². The molecule has 4 aliphatic rings. The highest BCUT2D eigenvalue weighted by atomic mass is 16.7. The van der Waals surface area contributed by atoms with Gasteiger partial charge in [-0.05, 0) is 61.3 Å². The average molecular weight is 639 g/mol. The number of carbonyl (C=O) groups is 3.